The van der Waals surface area contributed by atoms with Crippen LogP contribution in [0.5, 0.6) is 5.75 Å². The summed E-state index contributed by atoms with van der Waals surface area (Å²) in [6.45, 7) is 0.303. The van der Waals surface area contributed by atoms with Gasteiger partial charge in [-0.15, -0.1) is 0 Å². The van der Waals surface area contributed by atoms with E-state index in [0.29, 0.717) is 17.4 Å². The summed E-state index contributed by atoms with van der Waals surface area (Å²) in [5.41, 5.74) is 6.46. The molecule has 0 saturated carbocycles. The molecule has 0 spiro atoms. The number of halogens is 2. The molecular weight excluding hydrogens is 285 g/mol. The molecule has 2 N–H and O–H groups in total. The third-order valence-electron chi connectivity index (χ3n) is 2.52. The minimum atomic E-state index is -0.428. The van der Waals surface area contributed by atoms with E-state index in [-0.39, 0.29) is 10.6 Å². The predicted octanol–water partition coefficient (Wildman–Crippen LogP) is 3.69. The van der Waals surface area contributed by atoms with Gasteiger partial charge in [-0.3, -0.25) is 0 Å². The molecule has 2 aromatic carbocycles. The maximum absolute atomic E-state index is 13.4. The lowest BCUT2D eigenvalue weighted by atomic mass is 10.1. The SMILES string of the molecule is NC(=S)c1cc(COc2ccc(Cl)cc2)ccc1F. The van der Waals surface area contributed by atoms with E-state index in [1.165, 1.54) is 6.07 Å². The summed E-state index contributed by atoms with van der Waals surface area (Å²) in [7, 11) is 0. The normalized spacial score (nSPS) is 10.2. The number of benzene rings is 2. The van der Waals surface area contributed by atoms with E-state index in [0.717, 1.165) is 5.56 Å². The van der Waals surface area contributed by atoms with E-state index in [1.807, 2.05) is 0 Å². The van der Waals surface area contributed by atoms with Crippen molar-refractivity contribution in [2.75, 3.05) is 0 Å². The maximum atomic E-state index is 13.4. The van der Waals surface area contributed by atoms with E-state index < -0.39 is 5.82 Å². The molecule has 2 nitrogen and oxygen atoms in total. The Morgan fingerprint density at radius 3 is 2.53 bits per heavy atom. The molecule has 0 fully saturated rings. The van der Waals surface area contributed by atoms with Crippen molar-refractivity contribution < 1.29 is 9.13 Å². The van der Waals surface area contributed by atoms with Crippen LogP contribution in [0.4, 0.5) is 4.39 Å². The second kappa shape index (κ2) is 5.99. The fourth-order valence-electron chi connectivity index (χ4n) is 1.55. The quantitative estimate of drug-likeness (QED) is 0.874. The molecule has 0 unspecified atom stereocenters. The lowest BCUT2D eigenvalue weighted by molar-refractivity contribution is 0.306. The maximum Gasteiger partial charge on any atom is 0.133 e. The fraction of sp³-hybridized carbons (Fsp3) is 0.0714. The van der Waals surface area contributed by atoms with Gasteiger partial charge in [-0.2, -0.15) is 0 Å². The third kappa shape index (κ3) is 3.66. The Morgan fingerprint density at radius 2 is 1.89 bits per heavy atom. The Morgan fingerprint density at radius 1 is 1.21 bits per heavy atom. The summed E-state index contributed by atoms with van der Waals surface area (Å²) in [5, 5.41) is 0.643. The highest BCUT2D eigenvalue weighted by molar-refractivity contribution is 7.80. The highest BCUT2D eigenvalue weighted by Crippen LogP contribution is 2.18. The minimum absolute atomic E-state index is 0.0332. The number of hydrogen-bond donors (Lipinski definition) is 1. The topological polar surface area (TPSA) is 35.2 Å². The van der Waals surface area contributed by atoms with Gasteiger partial charge < -0.3 is 10.5 Å². The van der Waals surface area contributed by atoms with E-state index in [4.69, 9.17) is 34.3 Å². The molecule has 0 atom stereocenters. The van der Waals surface area contributed by atoms with Crippen LogP contribution in [0.15, 0.2) is 42.5 Å². The lowest BCUT2D eigenvalue weighted by Crippen LogP contribution is -2.12. The number of ether oxygens (including phenoxy) is 1. The van der Waals surface area contributed by atoms with Crippen molar-refractivity contribution in [3.63, 3.8) is 0 Å². The van der Waals surface area contributed by atoms with Crippen molar-refractivity contribution in [1.82, 2.24) is 0 Å². The standard InChI is InChI=1S/C14H11ClFNOS/c15-10-2-4-11(5-3-10)18-8-9-1-6-13(16)12(7-9)14(17)19/h1-7H,8H2,(H2,17,19). The first-order valence-corrected chi connectivity index (χ1v) is 6.31. The summed E-state index contributed by atoms with van der Waals surface area (Å²) in [4.78, 5) is 0.0332. The molecule has 5 heteroatoms. The molecule has 19 heavy (non-hydrogen) atoms. The Bertz CT molecular complexity index is 601. The Balaban J connectivity index is 2.09. The summed E-state index contributed by atoms with van der Waals surface area (Å²) in [6.07, 6.45) is 0. The first kappa shape index (κ1) is 13.8. The van der Waals surface area contributed by atoms with Gasteiger partial charge in [0, 0.05) is 10.6 Å². The predicted molar refractivity (Wildman–Crippen MR) is 78.1 cm³/mol. The van der Waals surface area contributed by atoms with Crippen molar-refractivity contribution in [3.8, 4) is 5.75 Å². The van der Waals surface area contributed by atoms with Gasteiger partial charge in [0.2, 0.25) is 0 Å². The molecule has 0 radical (unpaired) electrons. The molecule has 2 aromatic rings. The van der Waals surface area contributed by atoms with Crippen LogP contribution in [0.3, 0.4) is 0 Å². The van der Waals surface area contributed by atoms with Crippen LogP contribution in [0.2, 0.25) is 5.02 Å². The second-order valence-electron chi connectivity index (χ2n) is 3.92. The van der Waals surface area contributed by atoms with E-state index >= 15 is 0 Å². The molecule has 98 valence electrons. The van der Waals surface area contributed by atoms with Crippen LogP contribution in [0.25, 0.3) is 0 Å². The molecule has 0 aliphatic rings. The molecular formula is C14H11ClFNOS. The van der Waals surface area contributed by atoms with Gasteiger partial charge >= 0.3 is 0 Å². The van der Waals surface area contributed by atoms with Gasteiger partial charge in [0.15, 0.2) is 0 Å². The summed E-state index contributed by atoms with van der Waals surface area (Å²) >= 11 is 10.6. The van der Waals surface area contributed by atoms with Gasteiger partial charge in [-0.1, -0.05) is 29.9 Å². The smallest absolute Gasteiger partial charge is 0.133 e. The van der Waals surface area contributed by atoms with Gasteiger partial charge in [0.1, 0.15) is 23.2 Å². The molecule has 0 heterocycles. The van der Waals surface area contributed by atoms with E-state index in [9.17, 15) is 4.39 Å². The van der Waals surface area contributed by atoms with E-state index in [2.05, 4.69) is 0 Å². The average Bonchev–Trinajstić information content (AvgIpc) is 2.39. The summed E-state index contributed by atoms with van der Waals surface area (Å²) in [5.74, 6) is 0.258. The molecule has 0 aliphatic heterocycles. The highest BCUT2D eigenvalue weighted by atomic mass is 35.5. The van der Waals surface area contributed by atoms with Crippen molar-refractivity contribution in [3.05, 3.63) is 64.4 Å². The molecule has 0 saturated heterocycles. The first-order valence-electron chi connectivity index (χ1n) is 5.53. The molecule has 0 aromatic heterocycles. The zero-order valence-electron chi connectivity index (χ0n) is 9.90. The summed E-state index contributed by atoms with van der Waals surface area (Å²) < 4.78 is 19.0. The first-order chi connectivity index (χ1) is 9.06. The second-order valence-corrected chi connectivity index (χ2v) is 4.80. The van der Waals surface area contributed by atoms with E-state index in [1.54, 1.807) is 36.4 Å². The number of hydrogen-bond acceptors (Lipinski definition) is 2. The van der Waals surface area contributed by atoms with Crippen molar-refractivity contribution >= 4 is 28.8 Å². The zero-order valence-corrected chi connectivity index (χ0v) is 11.5. The minimum Gasteiger partial charge on any atom is -0.489 e. The highest BCUT2D eigenvalue weighted by Gasteiger charge is 2.06. The van der Waals surface area contributed by atoms with Crippen molar-refractivity contribution in [2.24, 2.45) is 5.73 Å². The monoisotopic (exact) mass is 295 g/mol. The van der Waals surface area contributed by atoms with Crippen LogP contribution in [0, 0.1) is 5.82 Å². The van der Waals surface area contributed by atoms with Crippen LogP contribution in [-0.2, 0) is 6.61 Å². The Kier molecular flexibility index (Phi) is 4.35. The van der Waals surface area contributed by atoms with Crippen LogP contribution in [-0.4, -0.2) is 4.99 Å². The zero-order chi connectivity index (χ0) is 13.8. The third-order valence-corrected chi connectivity index (χ3v) is 2.99. The lowest BCUT2D eigenvalue weighted by Gasteiger charge is -2.08. The van der Waals surface area contributed by atoms with Gasteiger partial charge in [0.25, 0.3) is 0 Å². The molecule has 2 rings (SSSR count). The fourth-order valence-corrected chi connectivity index (χ4v) is 1.83. The molecule has 0 amide bonds. The molecule has 0 aliphatic carbocycles. The Labute approximate surface area is 120 Å². The van der Waals surface area contributed by atoms with Crippen LogP contribution < -0.4 is 10.5 Å². The molecule has 0 bridgehead atoms. The van der Waals surface area contributed by atoms with Crippen molar-refractivity contribution in [1.29, 1.82) is 0 Å². The number of nitrogens with two attached hydrogens (primary N) is 1. The van der Waals surface area contributed by atoms with Crippen LogP contribution >= 0.6 is 23.8 Å². The number of rotatable bonds is 4. The number of thiocarbonyl (C=S) groups is 1. The van der Waals surface area contributed by atoms with Gasteiger partial charge in [-0.05, 0) is 42.0 Å². The Hall–Kier alpha value is -1.65. The van der Waals surface area contributed by atoms with Gasteiger partial charge in [-0.25, -0.2) is 4.39 Å². The largest absolute Gasteiger partial charge is 0.489 e. The van der Waals surface area contributed by atoms with Crippen LogP contribution in [0.1, 0.15) is 11.1 Å². The van der Waals surface area contributed by atoms with Gasteiger partial charge in [0.05, 0.1) is 0 Å². The van der Waals surface area contributed by atoms with Crippen molar-refractivity contribution in [2.45, 2.75) is 6.61 Å². The summed E-state index contributed by atoms with van der Waals surface area (Å²) in [6, 6.07) is 11.6. The average molecular weight is 296 g/mol.